The summed E-state index contributed by atoms with van der Waals surface area (Å²) in [5.41, 5.74) is 5.04. The number of carboxylic acids is 1. The molecule has 0 aliphatic rings. The van der Waals surface area contributed by atoms with E-state index in [2.05, 4.69) is 23.6 Å². The van der Waals surface area contributed by atoms with Crippen molar-refractivity contribution in [3.8, 4) is 0 Å². The molecule has 0 atom stereocenters. The normalized spacial score (nSPS) is 10.9. The number of aryl methyl sites for hydroxylation is 3. The van der Waals surface area contributed by atoms with E-state index in [9.17, 15) is 15.0 Å². The first-order valence-electron chi connectivity index (χ1n) is 10.1. The van der Waals surface area contributed by atoms with E-state index in [0.717, 1.165) is 60.8 Å². The summed E-state index contributed by atoms with van der Waals surface area (Å²) < 4.78 is 2.20. The monoisotopic (exact) mass is 401 g/mol. The van der Waals surface area contributed by atoms with E-state index in [1.165, 1.54) is 5.56 Å². The van der Waals surface area contributed by atoms with Crippen LogP contribution in [0.4, 0.5) is 0 Å². The number of hydrogen-bond acceptors (Lipinski definition) is 3. The Morgan fingerprint density at radius 3 is 2.45 bits per heavy atom. The fourth-order valence-corrected chi connectivity index (χ4v) is 3.99. The molecule has 29 heavy (non-hydrogen) atoms. The van der Waals surface area contributed by atoms with Gasteiger partial charge in [-0.15, -0.1) is 0 Å². The predicted molar refractivity (Wildman–Crippen MR) is 110 cm³/mol. The molecule has 0 unspecified atom stereocenters. The molecule has 3 aromatic rings. The molecule has 148 valence electrons. The van der Waals surface area contributed by atoms with Crippen LogP contribution < -0.4 is 34.7 Å². The predicted octanol–water partition coefficient (Wildman–Crippen LogP) is 0.785. The van der Waals surface area contributed by atoms with Gasteiger partial charge in [0.15, 0.2) is 0 Å². The van der Waals surface area contributed by atoms with E-state index in [4.69, 9.17) is 0 Å². The number of rotatable bonds is 9. The molecule has 0 bridgehead atoms. The maximum atomic E-state index is 11.6. The summed E-state index contributed by atoms with van der Waals surface area (Å²) in [6.07, 6.45) is 5.05. The smallest absolute Gasteiger partial charge is 0.545 e. The van der Waals surface area contributed by atoms with Crippen LogP contribution in [0.5, 0.6) is 0 Å². The maximum absolute atomic E-state index is 11.6. The summed E-state index contributed by atoms with van der Waals surface area (Å²) >= 11 is 0. The van der Waals surface area contributed by atoms with Gasteiger partial charge in [0.25, 0.3) is 0 Å². The van der Waals surface area contributed by atoms with Crippen LogP contribution in [0.1, 0.15) is 58.9 Å². The van der Waals surface area contributed by atoms with Crippen molar-refractivity contribution < 1.29 is 44.6 Å². The van der Waals surface area contributed by atoms with Gasteiger partial charge in [-0.05, 0) is 49.4 Å². The third kappa shape index (κ3) is 5.32. The van der Waals surface area contributed by atoms with Crippen molar-refractivity contribution >= 4 is 16.9 Å². The van der Waals surface area contributed by atoms with Gasteiger partial charge >= 0.3 is 29.6 Å². The average Bonchev–Trinajstić information content (AvgIpc) is 2.98. The van der Waals surface area contributed by atoms with Crippen molar-refractivity contribution in [3.63, 3.8) is 0 Å². The van der Waals surface area contributed by atoms with E-state index >= 15 is 0 Å². The zero-order valence-electron chi connectivity index (χ0n) is 17.7. The van der Waals surface area contributed by atoms with Crippen LogP contribution >= 0.6 is 0 Å². The van der Waals surface area contributed by atoms with E-state index in [1.807, 2.05) is 24.3 Å². The number of benzene rings is 2. The SMILES string of the molecule is CCCCCc1c(CO)c2cc(C)c(C(=O)[O-])cc2n1CCc1ccccc1.[Na+]. The molecule has 1 heterocycles. The molecular formula is C24H28NNaO3. The number of hydrogen-bond donors (Lipinski definition) is 1. The van der Waals surface area contributed by atoms with Gasteiger partial charge in [-0.1, -0.05) is 50.1 Å². The van der Waals surface area contributed by atoms with E-state index < -0.39 is 5.97 Å². The molecule has 0 aliphatic carbocycles. The molecule has 0 spiro atoms. The summed E-state index contributed by atoms with van der Waals surface area (Å²) in [6.45, 7) is 4.66. The quantitative estimate of drug-likeness (QED) is 0.426. The number of aliphatic hydroxyl groups excluding tert-OH is 1. The van der Waals surface area contributed by atoms with Crippen LogP contribution in [0.3, 0.4) is 0 Å². The molecule has 1 N–H and O–H groups in total. The van der Waals surface area contributed by atoms with Crippen LogP contribution in [-0.2, 0) is 26.0 Å². The third-order valence-corrected chi connectivity index (χ3v) is 5.49. The largest absolute Gasteiger partial charge is 1.00 e. The molecule has 4 nitrogen and oxygen atoms in total. The number of unbranched alkanes of at least 4 members (excludes halogenated alkanes) is 2. The Bertz CT molecular complexity index is 963. The van der Waals surface area contributed by atoms with Gasteiger partial charge in [0.2, 0.25) is 0 Å². The van der Waals surface area contributed by atoms with Crippen molar-refractivity contribution in [3.05, 3.63) is 70.4 Å². The second kappa shape index (κ2) is 11.0. The standard InChI is InChI=1S/C24H29NO3.Na/c1-3-4-6-11-22-21(16-26)20-14-17(2)19(24(27)28)15-23(20)25(22)13-12-18-9-7-5-8-10-18;/h5,7-10,14-15,26H,3-4,6,11-13,16H2,1-2H3,(H,27,28);/q;+1/p-1. The molecule has 2 aromatic carbocycles. The number of aromatic carboxylic acids is 1. The van der Waals surface area contributed by atoms with E-state index in [0.29, 0.717) is 5.56 Å². The van der Waals surface area contributed by atoms with Crippen molar-refractivity contribution in [1.29, 1.82) is 0 Å². The minimum atomic E-state index is -1.16. The number of carbonyl (C=O) groups is 1. The Morgan fingerprint density at radius 1 is 1.10 bits per heavy atom. The van der Waals surface area contributed by atoms with E-state index in [-0.39, 0.29) is 41.7 Å². The van der Waals surface area contributed by atoms with Crippen molar-refractivity contribution in [2.24, 2.45) is 0 Å². The maximum Gasteiger partial charge on any atom is 1.00 e. The number of carboxylic acid groups (broad SMARTS) is 1. The van der Waals surface area contributed by atoms with Crippen LogP contribution in [0.15, 0.2) is 42.5 Å². The van der Waals surface area contributed by atoms with E-state index in [1.54, 1.807) is 13.0 Å². The molecule has 0 radical (unpaired) electrons. The zero-order chi connectivity index (χ0) is 20.1. The number of aromatic nitrogens is 1. The molecule has 0 saturated carbocycles. The topological polar surface area (TPSA) is 65.3 Å². The number of fused-ring (bicyclic) bond motifs is 1. The molecule has 0 saturated heterocycles. The van der Waals surface area contributed by atoms with Gasteiger partial charge in [0.05, 0.1) is 12.6 Å². The number of aliphatic hydroxyl groups is 1. The number of carbonyl (C=O) groups excluding carboxylic acids is 1. The number of nitrogens with zero attached hydrogens (tertiary/aromatic N) is 1. The Hall–Kier alpha value is -1.59. The zero-order valence-corrected chi connectivity index (χ0v) is 19.7. The van der Waals surface area contributed by atoms with Gasteiger partial charge in [-0.2, -0.15) is 0 Å². The van der Waals surface area contributed by atoms with Crippen molar-refractivity contribution in [2.75, 3.05) is 0 Å². The van der Waals surface area contributed by atoms with Gasteiger partial charge in [0, 0.05) is 34.3 Å². The molecule has 0 aliphatic heterocycles. The second-order valence-electron chi connectivity index (χ2n) is 7.40. The average molecular weight is 401 g/mol. The van der Waals surface area contributed by atoms with Gasteiger partial charge in [0.1, 0.15) is 0 Å². The first-order valence-corrected chi connectivity index (χ1v) is 10.1. The summed E-state index contributed by atoms with van der Waals surface area (Å²) in [5, 5.41) is 22.6. The Morgan fingerprint density at radius 2 is 1.83 bits per heavy atom. The summed E-state index contributed by atoms with van der Waals surface area (Å²) in [7, 11) is 0. The minimum Gasteiger partial charge on any atom is -0.545 e. The second-order valence-corrected chi connectivity index (χ2v) is 7.40. The summed E-state index contributed by atoms with van der Waals surface area (Å²) in [5.74, 6) is -1.16. The fraction of sp³-hybridized carbons (Fsp3) is 0.375. The molecule has 0 fully saturated rings. The molecular weight excluding hydrogens is 373 g/mol. The minimum absolute atomic E-state index is 0. The Kier molecular flexibility index (Phi) is 8.97. The fourth-order valence-electron chi connectivity index (χ4n) is 3.99. The van der Waals surface area contributed by atoms with Crippen LogP contribution in [0.25, 0.3) is 10.9 Å². The van der Waals surface area contributed by atoms with Crippen LogP contribution in [-0.4, -0.2) is 15.6 Å². The molecule has 3 rings (SSSR count). The third-order valence-electron chi connectivity index (χ3n) is 5.49. The summed E-state index contributed by atoms with van der Waals surface area (Å²) in [4.78, 5) is 11.6. The molecule has 1 aromatic heterocycles. The summed E-state index contributed by atoms with van der Waals surface area (Å²) in [6, 6.07) is 13.9. The van der Waals surface area contributed by atoms with Crippen molar-refractivity contribution in [1.82, 2.24) is 4.57 Å². The van der Waals surface area contributed by atoms with Gasteiger partial charge < -0.3 is 19.6 Å². The van der Waals surface area contributed by atoms with Gasteiger partial charge in [-0.25, -0.2) is 0 Å². The first-order chi connectivity index (χ1) is 13.6. The molecule has 0 amide bonds. The Labute approximate surface area is 194 Å². The van der Waals surface area contributed by atoms with Crippen molar-refractivity contribution in [2.45, 2.75) is 59.1 Å². The molecule has 5 heteroatoms. The Balaban J connectivity index is 0.00000300. The van der Waals surface area contributed by atoms with Crippen LogP contribution in [0, 0.1) is 6.92 Å². The van der Waals surface area contributed by atoms with Gasteiger partial charge in [-0.3, -0.25) is 0 Å². The first kappa shape index (κ1) is 23.7. The van der Waals surface area contributed by atoms with Crippen LogP contribution in [0.2, 0.25) is 0 Å².